The number of quaternary nitrogens is 1. The third kappa shape index (κ3) is 15.7. The van der Waals surface area contributed by atoms with Crippen molar-refractivity contribution in [2.45, 2.75) is 96.5 Å². The van der Waals surface area contributed by atoms with E-state index in [1.807, 2.05) is 0 Å². The van der Waals surface area contributed by atoms with Crippen molar-refractivity contribution in [2.75, 3.05) is 38.5 Å². The Kier molecular flexibility index (Phi) is 19.8. The molecule has 2 unspecified atom stereocenters. The van der Waals surface area contributed by atoms with Gasteiger partial charge in [0, 0.05) is 6.42 Å². The number of hydrogen-bond acceptors (Lipinski definition) is 7. The van der Waals surface area contributed by atoms with E-state index in [0.717, 1.165) is 12.8 Å². The van der Waals surface area contributed by atoms with Crippen LogP contribution in [0.1, 0.15) is 90.4 Å². The van der Waals surface area contributed by atoms with E-state index in [4.69, 9.17) is 0 Å². The van der Waals surface area contributed by atoms with Crippen molar-refractivity contribution in [2.24, 2.45) is 4.99 Å². The van der Waals surface area contributed by atoms with Gasteiger partial charge in [-0.15, -0.1) is 0 Å². The standard InChI is InChI=1S/C25H46N2O6S.Na/c1-2-3-4-5-6-7-8-9-10-11-12-13-14-15-16-24(30)25-26-17-18-27(25,19-20-28)21-23(29)22-34(31,32)33;/h12-13,23,28-29H,2-11,14-22H2,1H3;/q;+1/b13-12+;. The molecule has 2 N–H and O–H groups in total. The Labute approximate surface area is 234 Å². The zero-order valence-electron chi connectivity index (χ0n) is 22.0. The van der Waals surface area contributed by atoms with Crippen molar-refractivity contribution >= 4 is 21.7 Å². The van der Waals surface area contributed by atoms with Crippen molar-refractivity contribution in [3.8, 4) is 0 Å². The third-order valence-electron chi connectivity index (χ3n) is 6.39. The second-order valence-corrected chi connectivity index (χ2v) is 10.9. The molecule has 2 atom stereocenters. The molecule has 1 aliphatic rings. The van der Waals surface area contributed by atoms with Crippen LogP contribution in [-0.2, 0) is 14.9 Å². The first-order chi connectivity index (χ1) is 16.2. The smallest absolute Gasteiger partial charge is 0.748 e. The van der Waals surface area contributed by atoms with Gasteiger partial charge in [-0.3, -0.25) is 9.28 Å². The van der Waals surface area contributed by atoms with Gasteiger partial charge >= 0.3 is 29.6 Å². The van der Waals surface area contributed by atoms with Crippen LogP contribution in [-0.4, -0.2) is 83.9 Å². The maximum Gasteiger partial charge on any atom is 1.00 e. The molecule has 0 aromatic rings. The Morgan fingerprint density at radius 1 is 1.06 bits per heavy atom. The maximum atomic E-state index is 12.8. The minimum atomic E-state index is -4.59. The zero-order chi connectivity index (χ0) is 25.3. The van der Waals surface area contributed by atoms with E-state index < -0.39 is 22.0 Å². The van der Waals surface area contributed by atoms with Crippen LogP contribution in [0.3, 0.4) is 0 Å². The number of Topliss-reactive ketones (excluding diaryl/α,β-unsaturated/α-hetero) is 1. The molecule has 0 aliphatic carbocycles. The van der Waals surface area contributed by atoms with E-state index in [0.29, 0.717) is 25.9 Å². The summed E-state index contributed by atoms with van der Waals surface area (Å²) in [5.74, 6) is -0.783. The number of rotatable bonds is 21. The van der Waals surface area contributed by atoms with Gasteiger partial charge in [0.15, 0.2) is 0 Å². The summed E-state index contributed by atoms with van der Waals surface area (Å²) < 4.78 is 32.9. The average Bonchev–Trinajstić information content (AvgIpc) is 3.15. The maximum absolute atomic E-state index is 12.8. The largest absolute Gasteiger partial charge is 1.00 e. The van der Waals surface area contributed by atoms with E-state index >= 15 is 0 Å². The summed E-state index contributed by atoms with van der Waals surface area (Å²) in [5, 5.41) is 19.6. The number of amidine groups is 1. The molecule has 0 saturated heterocycles. The van der Waals surface area contributed by atoms with Gasteiger partial charge in [-0.1, -0.05) is 70.4 Å². The first-order valence-corrected chi connectivity index (χ1v) is 14.6. The molecule has 1 heterocycles. The zero-order valence-corrected chi connectivity index (χ0v) is 24.8. The molecule has 0 aromatic carbocycles. The second kappa shape index (κ2) is 19.9. The van der Waals surface area contributed by atoms with Gasteiger partial charge in [-0.05, 0) is 25.7 Å². The number of nitrogens with zero attached hydrogens (tertiary/aromatic N) is 2. The van der Waals surface area contributed by atoms with E-state index in [1.54, 1.807) is 0 Å². The van der Waals surface area contributed by atoms with E-state index in [9.17, 15) is 28.0 Å². The van der Waals surface area contributed by atoms with Crippen LogP contribution in [0.5, 0.6) is 0 Å². The van der Waals surface area contributed by atoms with Crippen molar-refractivity contribution in [1.82, 2.24) is 0 Å². The topological polar surface area (TPSA) is 127 Å². The molecule has 0 aromatic heterocycles. The molecule has 10 heteroatoms. The summed E-state index contributed by atoms with van der Waals surface area (Å²) in [6.45, 7) is 2.81. The second-order valence-electron chi connectivity index (χ2n) is 9.49. The fraction of sp³-hybridized carbons (Fsp3) is 0.840. The molecule has 198 valence electrons. The van der Waals surface area contributed by atoms with Crippen LogP contribution >= 0.6 is 0 Å². The van der Waals surface area contributed by atoms with Gasteiger partial charge in [-0.25, -0.2) is 13.4 Å². The number of carbonyl (C=O) groups is 1. The summed E-state index contributed by atoms with van der Waals surface area (Å²) in [7, 11) is -4.59. The fourth-order valence-corrected chi connectivity index (χ4v) is 5.20. The number of ketones is 1. The van der Waals surface area contributed by atoms with Crippen molar-refractivity contribution in [3.63, 3.8) is 0 Å². The summed E-state index contributed by atoms with van der Waals surface area (Å²) in [6, 6.07) is 0. The number of aliphatic hydroxyl groups excluding tert-OH is 2. The number of aliphatic hydroxyl groups is 2. The number of allylic oxidation sites excluding steroid dienone is 2. The van der Waals surface area contributed by atoms with Crippen LogP contribution in [0, 0.1) is 0 Å². The molecule has 0 amide bonds. The minimum absolute atomic E-state index is 0. The van der Waals surface area contributed by atoms with Crippen LogP contribution in [0.2, 0.25) is 0 Å². The molecular weight excluding hydrogens is 479 g/mol. The SMILES string of the molecule is CCCCCCCCCCC/C=C/CCCC(=O)C1=NCC[N+]1(CCO)CC(O)CS(=O)(=O)[O-].[Na+]. The van der Waals surface area contributed by atoms with Crippen molar-refractivity contribution in [1.29, 1.82) is 0 Å². The Morgan fingerprint density at radius 3 is 2.20 bits per heavy atom. The van der Waals surface area contributed by atoms with Gasteiger partial charge in [0.2, 0.25) is 5.78 Å². The third-order valence-corrected chi connectivity index (χ3v) is 7.18. The summed E-state index contributed by atoms with van der Waals surface area (Å²) >= 11 is 0. The summed E-state index contributed by atoms with van der Waals surface area (Å²) in [6.07, 6.45) is 17.6. The van der Waals surface area contributed by atoms with Gasteiger partial charge in [-0.2, -0.15) is 0 Å². The summed E-state index contributed by atoms with van der Waals surface area (Å²) in [5.41, 5.74) is 0. The minimum Gasteiger partial charge on any atom is -0.748 e. The predicted octanol–water partition coefficient (Wildman–Crippen LogP) is 0.334. The molecule has 1 aliphatic heterocycles. The fourth-order valence-electron chi connectivity index (χ4n) is 4.63. The van der Waals surface area contributed by atoms with Crippen molar-refractivity contribution < 1.29 is 62.0 Å². The van der Waals surface area contributed by atoms with E-state index in [2.05, 4.69) is 24.1 Å². The normalized spacial score (nSPS) is 19.0. The van der Waals surface area contributed by atoms with Crippen LogP contribution < -0.4 is 29.6 Å². The first kappa shape index (κ1) is 34.9. The first-order valence-electron chi connectivity index (χ1n) is 13.1. The molecular formula is C25H46N2NaO6S+. The molecule has 8 nitrogen and oxygen atoms in total. The van der Waals surface area contributed by atoms with Crippen LogP contribution in [0.25, 0.3) is 0 Å². The number of unbranched alkanes of at least 4 members (excludes halogenated alkanes) is 10. The Morgan fingerprint density at radius 2 is 1.63 bits per heavy atom. The molecule has 0 fully saturated rings. The van der Waals surface area contributed by atoms with Gasteiger partial charge in [0.25, 0.3) is 5.84 Å². The predicted molar refractivity (Wildman–Crippen MR) is 135 cm³/mol. The molecule has 0 radical (unpaired) electrons. The van der Waals surface area contributed by atoms with Crippen LogP contribution in [0.4, 0.5) is 0 Å². The van der Waals surface area contributed by atoms with Crippen LogP contribution in [0.15, 0.2) is 17.1 Å². The molecule has 35 heavy (non-hydrogen) atoms. The monoisotopic (exact) mass is 525 g/mol. The van der Waals surface area contributed by atoms with E-state index in [-0.39, 0.29) is 65.4 Å². The molecule has 0 bridgehead atoms. The average molecular weight is 526 g/mol. The van der Waals surface area contributed by atoms with Gasteiger partial charge < -0.3 is 14.8 Å². The number of carbonyl (C=O) groups excluding carboxylic acids is 1. The van der Waals surface area contributed by atoms with Gasteiger partial charge in [0.1, 0.15) is 25.7 Å². The Bertz CT molecular complexity index is 744. The number of hydrogen-bond donors (Lipinski definition) is 2. The van der Waals surface area contributed by atoms with Crippen molar-refractivity contribution in [3.05, 3.63) is 12.2 Å². The summed E-state index contributed by atoms with van der Waals surface area (Å²) in [4.78, 5) is 17.1. The number of aliphatic imine (C=N–C) groups is 1. The molecule has 0 spiro atoms. The quantitative estimate of drug-likeness (QED) is 0.0731. The Balaban J connectivity index is 0.0000116. The Hall–Kier alpha value is -0.130. The van der Waals surface area contributed by atoms with Gasteiger partial charge in [0.05, 0.1) is 29.0 Å². The van der Waals surface area contributed by atoms with E-state index in [1.165, 1.54) is 57.8 Å². The molecule has 0 saturated carbocycles. The molecule has 1 rings (SSSR count).